The summed E-state index contributed by atoms with van der Waals surface area (Å²) in [4.78, 5) is 24.6. The Kier molecular flexibility index (Phi) is 12.0. The molecule has 0 saturated heterocycles. The molecule has 1 amide bonds. The van der Waals surface area contributed by atoms with Gasteiger partial charge in [-0.15, -0.1) is 0 Å². The summed E-state index contributed by atoms with van der Waals surface area (Å²) in [5.41, 5.74) is 0. The highest BCUT2D eigenvalue weighted by atomic mass is 16.5. The van der Waals surface area contributed by atoms with Crippen LogP contribution in [0.5, 0.6) is 0 Å². The van der Waals surface area contributed by atoms with Crippen LogP contribution >= 0.6 is 0 Å². The van der Waals surface area contributed by atoms with Gasteiger partial charge in [0.05, 0.1) is 0 Å². The Bertz CT molecular complexity index is 290. The maximum Gasteiger partial charge on any atom is 0.306 e. The highest BCUT2D eigenvalue weighted by Gasteiger charge is 2.18. The van der Waals surface area contributed by atoms with Gasteiger partial charge >= 0.3 is 5.97 Å². The number of carbonyl (C=O) groups is 2. The Morgan fingerprint density at radius 1 is 0.905 bits per heavy atom. The normalized spacial score (nSPS) is 12.0. The van der Waals surface area contributed by atoms with E-state index >= 15 is 0 Å². The number of likely N-dealkylation sites (N-methyl/N-ethyl adjacent to an activating group) is 1. The molecule has 0 N–H and O–H groups in total. The molecule has 1 unspecified atom stereocenters. The van der Waals surface area contributed by atoms with E-state index in [1.54, 1.807) is 21.0 Å². The number of amides is 1. The maximum absolute atomic E-state index is 11.6. The zero-order chi connectivity index (χ0) is 16.1. The minimum absolute atomic E-state index is 0.171. The number of unbranched alkanes of at least 4 members (excludes halogenated alkanes) is 8. The van der Waals surface area contributed by atoms with Crippen molar-refractivity contribution in [2.24, 2.45) is 0 Å². The zero-order valence-corrected chi connectivity index (χ0v) is 14.3. The molecule has 0 heterocycles. The summed E-state index contributed by atoms with van der Waals surface area (Å²) in [6, 6.07) is 0. The third-order valence-corrected chi connectivity index (χ3v) is 3.58. The summed E-state index contributed by atoms with van der Waals surface area (Å²) >= 11 is 0. The van der Waals surface area contributed by atoms with Crippen molar-refractivity contribution in [1.82, 2.24) is 4.90 Å². The van der Waals surface area contributed by atoms with Gasteiger partial charge in [-0.3, -0.25) is 9.59 Å². The van der Waals surface area contributed by atoms with E-state index in [9.17, 15) is 9.59 Å². The molecule has 0 radical (unpaired) electrons. The lowest BCUT2D eigenvalue weighted by atomic mass is 10.1. The SMILES string of the molecule is CCCCCCCCCCCC(=O)OC(C)C(=O)N(C)C. The number of esters is 1. The molecule has 0 aromatic carbocycles. The van der Waals surface area contributed by atoms with Crippen molar-refractivity contribution in [2.45, 2.75) is 84.2 Å². The second-order valence-corrected chi connectivity index (χ2v) is 5.94. The number of carbonyl (C=O) groups excluding carboxylic acids is 2. The molecule has 1 atom stereocenters. The summed E-state index contributed by atoms with van der Waals surface area (Å²) in [6.45, 7) is 3.85. The predicted octanol–water partition coefficient (Wildman–Crippen LogP) is 3.93. The van der Waals surface area contributed by atoms with Crippen molar-refractivity contribution >= 4 is 11.9 Å². The first-order valence-corrected chi connectivity index (χ1v) is 8.39. The first-order valence-electron chi connectivity index (χ1n) is 8.39. The molecule has 0 aliphatic rings. The molecule has 0 bridgehead atoms. The molecule has 0 fully saturated rings. The fraction of sp³-hybridized carbons (Fsp3) is 0.882. The summed E-state index contributed by atoms with van der Waals surface area (Å²) in [5.74, 6) is -0.434. The van der Waals surface area contributed by atoms with Crippen LogP contribution in [0.25, 0.3) is 0 Å². The molecule has 0 aromatic heterocycles. The predicted molar refractivity (Wildman–Crippen MR) is 86.1 cm³/mol. The summed E-state index contributed by atoms with van der Waals surface area (Å²) in [5, 5.41) is 0. The second-order valence-electron chi connectivity index (χ2n) is 5.94. The average molecular weight is 299 g/mol. The lowest BCUT2D eigenvalue weighted by molar-refractivity contribution is -0.158. The van der Waals surface area contributed by atoms with E-state index in [2.05, 4.69) is 6.92 Å². The van der Waals surface area contributed by atoms with E-state index in [1.807, 2.05) is 0 Å². The molecule has 0 saturated carbocycles. The third kappa shape index (κ3) is 11.3. The summed E-state index contributed by atoms with van der Waals surface area (Å²) in [6.07, 6.45) is 10.7. The van der Waals surface area contributed by atoms with Crippen LogP contribution in [0.2, 0.25) is 0 Å². The molecular formula is C17H33NO3. The van der Waals surface area contributed by atoms with Crippen LogP contribution in [0.15, 0.2) is 0 Å². The van der Waals surface area contributed by atoms with Crippen molar-refractivity contribution in [3.05, 3.63) is 0 Å². The van der Waals surface area contributed by atoms with E-state index in [0.29, 0.717) is 6.42 Å². The molecule has 0 aliphatic carbocycles. The molecule has 0 aromatic rings. The zero-order valence-electron chi connectivity index (χ0n) is 14.3. The van der Waals surface area contributed by atoms with Gasteiger partial charge in [0.15, 0.2) is 6.10 Å². The topological polar surface area (TPSA) is 46.6 Å². The van der Waals surface area contributed by atoms with Gasteiger partial charge in [-0.25, -0.2) is 0 Å². The quantitative estimate of drug-likeness (QED) is 0.405. The van der Waals surface area contributed by atoms with Crippen molar-refractivity contribution in [1.29, 1.82) is 0 Å². The fourth-order valence-corrected chi connectivity index (χ4v) is 2.25. The second kappa shape index (κ2) is 12.7. The number of ether oxygens (including phenoxy) is 1. The number of nitrogens with zero attached hydrogens (tertiary/aromatic N) is 1. The molecule has 4 nitrogen and oxygen atoms in total. The Morgan fingerprint density at radius 3 is 1.86 bits per heavy atom. The standard InChI is InChI=1S/C17H33NO3/c1-5-6-7-8-9-10-11-12-13-14-16(19)21-15(2)17(20)18(3)4/h15H,5-14H2,1-4H3. The summed E-state index contributed by atoms with van der Waals surface area (Å²) in [7, 11) is 3.32. The van der Waals surface area contributed by atoms with E-state index in [4.69, 9.17) is 4.74 Å². The highest BCUT2D eigenvalue weighted by Crippen LogP contribution is 2.11. The van der Waals surface area contributed by atoms with Crippen LogP contribution in [0.4, 0.5) is 0 Å². The molecule has 0 aliphatic heterocycles. The Morgan fingerprint density at radius 2 is 1.38 bits per heavy atom. The Balaban J connectivity index is 3.48. The van der Waals surface area contributed by atoms with Gasteiger partial charge in [-0.2, -0.15) is 0 Å². The first kappa shape index (κ1) is 19.9. The van der Waals surface area contributed by atoms with Gasteiger partial charge in [0.2, 0.25) is 0 Å². The van der Waals surface area contributed by atoms with Crippen LogP contribution in [-0.2, 0) is 14.3 Å². The Labute approximate surface area is 130 Å². The van der Waals surface area contributed by atoms with Gasteiger partial charge in [-0.05, 0) is 13.3 Å². The first-order chi connectivity index (χ1) is 9.99. The lowest BCUT2D eigenvalue weighted by Gasteiger charge is -2.17. The number of hydrogen-bond acceptors (Lipinski definition) is 3. The molecular weight excluding hydrogens is 266 g/mol. The molecule has 0 spiro atoms. The van der Waals surface area contributed by atoms with E-state index < -0.39 is 6.10 Å². The highest BCUT2D eigenvalue weighted by molar-refractivity contribution is 5.83. The van der Waals surface area contributed by atoms with Crippen molar-refractivity contribution in [3.8, 4) is 0 Å². The largest absolute Gasteiger partial charge is 0.453 e. The van der Waals surface area contributed by atoms with Crippen LogP contribution in [0, 0.1) is 0 Å². The van der Waals surface area contributed by atoms with E-state index in [0.717, 1.165) is 12.8 Å². The monoisotopic (exact) mass is 299 g/mol. The molecule has 21 heavy (non-hydrogen) atoms. The van der Waals surface area contributed by atoms with Crippen LogP contribution in [0.3, 0.4) is 0 Å². The van der Waals surface area contributed by atoms with Crippen LogP contribution in [-0.4, -0.2) is 37.0 Å². The van der Waals surface area contributed by atoms with Gasteiger partial charge < -0.3 is 9.64 Å². The van der Waals surface area contributed by atoms with E-state index in [1.165, 1.54) is 49.8 Å². The number of hydrogen-bond donors (Lipinski definition) is 0. The average Bonchev–Trinajstić information content (AvgIpc) is 2.44. The van der Waals surface area contributed by atoms with Crippen LogP contribution < -0.4 is 0 Å². The van der Waals surface area contributed by atoms with Gasteiger partial charge in [0.25, 0.3) is 5.91 Å². The molecule has 124 valence electrons. The fourth-order valence-electron chi connectivity index (χ4n) is 2.25. The van der Waals surface area contributed by atoms with E-state index in [-0.39, 0.29) is 11.9 Å². The minimum atomic E-state index is -0.675. The number of rotatable bonds is 12. The van der Waals surface area contributed by atoms with Crippen molar-refractivity contribution < 1.29 is 14.3 Å². The van der Waals surface area contributed by atoms with Gasteiger partial charge in [-0.1, -0.05) is 58.3 Å². The van der Waals surface area contributed by atoms with Crippen LogP contribution in [0.1, 0.15) is 78.1 Å². The summed E-state index contributed by atoms with van der Waals surface area (Å²) < 4.78 is 5.12. The molecule has 0 rings (SSSR count). The van der Waals surface area contributed by atoms with Gasteiger partial charge in [0.1, 0.15) is 0 Å². The lowest BCUT2D eigenvalue weighted by Crippen LogP contribution is -2.34. The smallest absolute Gasteiger partial charge is 0.306 e. The third-order valence-electron chi connectivity index (χ3n) is 3.58. The van der Waals surface area contributed by atoms with Gasteiger partial charge in [0, 0.05) is 20.5 Å². The maximum atomic E-state index is 11.6. The molecule has 4 heteroatoms. The van der Waals surface area contributed by atoms with Crippen molar-refractivity contribution in [3.63, 3.8) is 0 Å². The minimum Gasteiger partial charge on any atom is -0.453 e. The Hall–Kier alpha value is -1.06. The van der Waals surface area contributed by atoms with Crippen molar-refractivity contribution in [2.75, 3.05) is 14.1 Å².